The van der Waals surface area contributed by atoms with E-state index in [1.807, 2.05) is 30.5 Å². The highest BCUT2D eigenvalue weighted by molar-refractivity contribution is 5.92. The van der Waals surface area contributed by atoms with Gasteiger partial charge < -0.3 is 37.3 Å². The van der Waals surface area contributed by atoms with E-state index in [9.17, 15) is 24.6 Å². The molecule has 3 aromatic rings. The number of carbonyl (C=O) groups is 3. The summed E-state index contributed by atoms with van der Waals surface area (Å²) < 4.78 is 0. The van der Waals surface area contributed by atoms with Crippen LogP contribution in [0.2, 0.25) is 0 Å². The van der Waals surface area contributed by atoms with E-state index in [1.165, 1.54) is 12.1 Å². The smallest absolute Gasteiger partial charge is 0.326 e. The molecule has 0 aliphatic carbocycles. The molecule has 10 nitrogen and oxygen atoms in total. The first-order valence-electron chi connectivity index (χ1n) is 11.9. The molecule has 9 N–H and O–H groups in total. The second kappa shape index (κ2) is 12.7. The molecular formula is C26H33N5O5. The van der Waals surface area contributed by atoms with Gasteiger partial charge in [0, 0.05) is 23.5 Å². The van der Waals surface area contributed by atoms with E-state index in [0.29, 0.717) is 31.4 Å². The van der Waals surface area contributed by atoms with Gasteiger partial charge in [-0.05, 0) is 61.6 Å². The van der Waals surface area contributed by atoms with Crippen LogP contribution in [-0.4, -0.2) is 57.7 Å². The van der Waals surface area contributed by atoms with Crippen LogP contribution >= 0.6 is 0 Å². The normalized spacial score (nSPS) is 13.6. The molecule has 1 heterocycles. The van der Waals surface area contributed by atoms with E-state index in [0.717, 1.165) is 16.5 Å². The number of aromatic hydroxyl groups is 1. The third-order valence-corrected chi connectivity index (χ3v) is 6.02. The highest BCUT2D eigenvalue weighted by Crippen LogP contribution is 2.19. The number of H-pyrrole nitrogens is 1. The maximum atomic E-state index is 13.0. The Kier molecular flexibility index (Phi) is 9.43. The first-order chi connectivity index (χ1) is 17.3. The third-order valence-electron chi connectivity index (χ3n) is 6.02. The number of amides is 2. The summed E-state index contributed by atoms with van der Waals surface area (Å²) in [5.74, 6) is -2.26. The van der Waals surface area contributed by atoms with Crippen LogP contribution in [0.5, 0.6) is 5.75 Å². The lowest BCUT2D eigenvalue weighted by atomic mass is 10.0. The quantitative estimate of drug-likeness (QED) is 0.174. The number of aromatic nitrogens is 1. The number of carboxylic acids is 1. The van der Waals surface area contributed by atoms with Gasteiger partial charge in [-0.1, -0.05) is 30.3 Å². The average Bonchev–Trinajstić information content (AvgIpc) is 3.26. The zero-order chi connectivity index (χ0) is 26.1. The van der Waals surface area contributed by atoms with E-state index >= 15 is 0 Å². The summed E-state index contributed by atoms with van der Waals surface area (Å²) in [7, 11) is 0. The number of carboxylic acid groups (broad SMARTS) is 1. The Balaban J connectivity index is 1.66. The van der Waals surface area contributed by atoms with Crippen molar-refractivity contribution in [1.29, 1.82) is 0 Å². The summed E-state index contributed by atoms with van der Waals surface area (Å²) in [5.41, 5.74) is 14.2. The summed E-state index contributed by atoms with van der Waals surface area (Å²) in [5, 5.41) is 25.3. The number of rotatable bonds is 13. The van der Waals surface area contributed by atoms with Crippen LogP contribution in [0, 0.1) is 0 Å². The fourth-order valence-electron chi connectivity index (χ4n) is 4.01. The van der Waals surface area contributed by atoms with Gasteiger partial charge in [0.15, 0.2) is 0 Å². The van der Waals surface area contributed by atoms with E-state index in [2.05, 4.69) is 15.6 Å². The van der Waals surface area contributed by atoms with Gasteiger partial charge in [-0.2, -0.15) is 0 Å². The lowest BCUT2D eigenvalue weighted by Gasteiger charge is -2.23. The van der Waals surface area contributed by atoms with E-state index < -0.39 is 35.9 Å². The lowest BCUT2D eigenvalue weighted by molar-refractivity contribution is -0.142. The zero-order valence-corrected chi connectivity index (χ0v) is 19.9. The Morgan fingerprint density at radius 3 is 2.31 bits per heavy atom. The van der Waals surface area contributed by atoms with Crippen molar-refractivity contribution < 1.29 is 24.6 Å². The minimum Gasteiger partial charge on any atom is -0.508 e. The molecule has 0 aliphatic rings. The molecule has 0 radical (unpaired) electrons. The molecule has 2 aromatic carbocycles. The number of phenolic OH excluding ortho intramolecular Hbond substituents is 1. The summed E-state index contributed by atoms with van der Waals surface area (Å²) in [6.07, 6.45) is 3.61. The molecule has 0 aliphatic heterocycles. The second-order valence-electron chi connectivity index (χ2n) is 8.79. The summed E-state index contributed by atoms with van der Waals surface area (Å²) >= 11 is 0. The van der Waals surface area contributed by atoms with Crippen molar-refractivity contribution in [2.75, 3.05) is 6.54 Å². The highest BCUT2D eigenvalue weighted by atomic mass is 16.4. The number of fused-ring (bicyclic) bond motifs is 1. The number of aromatic amines is 1. The number of hydrogen-bond donors (Lipinski definition) is 7. The molecule has 0 bridgehead atoms. The van der Waals surface area contributed by atoms with E-state index in [-0.39, 0.29) is 18.6 Å². The van der Waals surface area contributed by atoms with E-state index in [4.69, 9.17) is 11.5 Å². The van der Waals surface area contributed by atoms with Gasteiger partial charge in [0.2, 0.25) is 11.8 Å². The summed E-state index contributed by atoms with van der Waals surface area (Å²) in [6.45, 7) is 0.432. The molecule has 0 unspecified atom stereocenters. The van der Waals surface area contributed by atoms with Crippen LogP contribution in [0.1, 0.15) is 30.4 Å². The Hall–Kier alpha value is -3.89. The van der Waals surface area contributed by atoms with Crippen LogP contribution in [0.15, 0.2) is 54.7 Å². The van der Waals surface area contributed by atoms with Gasteiger partial charge in [0.05, 0.1) is 6.04 Å². The standard InChI is InChI=1S/C26H33N5O5/c27-12-4-3-7-22(25(34)31-23(26(35)36)13-16-8-10-18(32)11-9-16)30-24(33)20(28)14-17-15-29-21-6-2-1-5-19(17)21/h1-2,5-6,8-11,15,20,22-23,29,32H,3-4,7,12-14,27-28H2,(H,30,33)(H,31,34)(H,35,36)/t20-,22-,23-/m0/s1. The van der Waals surface area contributed by atoms with Crippen molar-refractivity contribution in [1.82, 2.24) is 15.6 Å². The monoisotopic (exact) mass is 495 g/mol. The lowest BCUT2D eigenvalue weighted by Crippen LogP contribution is -2.55. The summed E-state index contributed by atoms with van der Waals surface area (Å²) in [6, 6.07) is 10.7. The largest absolute Gasteiger partial charge is 0.508 e. The van der Waals surface area contributed by atoms with Crippen molar-refractivity contribution in [2.45, 2.75) is 50.2 Å². The Bertz CT molecular complexity index is 1180. The zero-order valence-electron chi connectivity index (χ0n) is 19.9. The number of hydrogen-bond acceptors (Lipinski definition) is 6. The molecule has 0 saturated carbocycles. The molecule has 0 saturated heterocycles. The molecule has 2 amide bonds. The van der Waals surface area contributed by atoms with Crippen molar-refractivity contribution in [3.05, 3.63) is 65.9 Å². The molecule has 0 spiro atoms. The molecule has 10 heteroatoms. The predicted octanol–water partition coefficient (Wildman–Crippen LogP) is 1.17. The Labute approximate surface area is 209 Å². The number of carbonyl (C=O) groups excluding carboxylic acids is 2. The van der Waals surface area contributed by atoms with Gasteiger partial charge in [-0.3, -0.25) is 9.59 Å². The van der Waals surface area contributed by atoms with Crippen LogP contribution in [-0.2, 0) is 27.2 Å². The van der Waals surface area contributed by atoms with Gasteiger partial charge in [-0.15, -0.1) is 0 Å². The van der Waals surface area contributed by atoms with Gasteiger partial charge in [0.1, 0.15) is 17.8 Å². The van der Waals surface area contributed by atoms with Crippen LogP contribution in [0.25, 0.3) is 10.9 Å². The molecule has 3 rings (SSSR count). The number of nitrogens with one attached hydrogen (secondary N) is 3. The molecule has 3 atom stereocenters. The Morgan fingerprint density at radius 2 is 1.61 bits per heavy atom. The van der Waals surface area contributed by atoms with Gasteiger partial charge in [0.25, 0.3) is 0 Å². The fraction of sp³-hybridized carbons (Fsp3) is 0.346. The summed E-state index contributed by atoms with van der Waals surface area (Å²) in [4.78, 5) is 40.9. The minimum atomic E-state index is -1.21. The van der Waals surface area contributed by atoms with E-state index in [1.54, 1.807) is 12.1 Å². The number of aliphatic carboxylic acids is 1. The third kappa shape index (κ3) is 7.30. The van der Waals surface area contributed by atoms with Gasteiger partial charge >= 0.3 is 5.97 Å². The predicted molar refractivity (Wildman–Crippen MR) is 136 cm³/mol. The number of phenols is 1. The fourth-order valence-corrected chi connectivity index (χ4v) is 4.01. The number of nitrogens with two attached hydrogens (primary N) is 2. The van der Waals surface area contributed by atoms with Crippen LogP contribution in [0.3, 0.4) is 0 Å². The maximum Gasteiger partial charge on any atom is 0.326 e. The molecule has 1 aromatic heterocycles. The SMILES string of the molecule is NCCCC[C@H](NC(=O)[C@@H](N)Cc1c[nH]c2ccccc12)C(=O)N[C@@H](Cc1ccc(O)cc1)C(=O)O. The average molecular weight is 496 g/mol. The Morgan fingerprint density at radius 1 is 0.917 bits per heavy atom. The molecule has 192 valence electrons. The molecule has 0 fully saturated rings. The van der Waals surface area contributed by atoms with Gasteiger partial charge in [-0.25, -0.2) is 4.79 Å². The van der Waals surface area contributed by atoms with Crippen molar-refractivity contribution in [3.8, 4) is 5.75 Å². The van der Waals surface area contributed by atoms with Crippen LogP contribution < -0.4 is 22.1 Å². The number of unbranched alkanes of at least 4 members (excludes halogenated alkanes) is 1. The molecular weight excluding hydrogens is 462 g/mol. The van der Waals surface area contributed by atoms with Crippen molar-refractivity contribution >= 4 is 28.7 Å². The second-order valence-corrected chi connectivity index (χ2v) is 8.79. The molecule has 36 heavy (non-hydrogen) atoms. The highest BCUT2D eigenvalue weighted by Gasteiger charge is 2.28. The first kappa shape index (κ1) is 26.7. The van der Waals surface area contributed by atoms with Crippen LogP contribution in [0.4, 0.5) is 0 Å². The topological polar surface area (TPSA) is 184 Å². The maximum absolute atomic E-state index is 13.0. The van der Waals surface area contributed by atoms with Crippen molar-refractivity contribution in [3.63, 3.8) is 0 Å². The first-order valence-corrected chi connectivity index (χ1v) is 11.9. The minimum absolute atomic E-state index is 0.0187. The number of benzene rings is 2. The van der Waals surface area contributed by atoms with Crippen molar-refractivity contribution in [2.24, 2.45) is 11.5 Å². The number of para-hydroxylation sites is 1.